The van der Waals surface area contributed by atoms with Gasteiger partial charge >= 0.3 is 0 Å². The van der Waals surface area contributed by atoms with Crippen molar-refractivity contribution in [3.05, 3.63) is 95.5 Å². The van der Waals surface area contributed by atoms with Crippen LogP contribution in [0.4, 0.5) is 0 Å². The minimum Gasteiger partial charge on any atom is -0.353 e. The molecule has 0 saturated heterocycles. The van der Waals surface area contributed by atoms with Crippen molar-refractivity contribution in [1.29, 1.82) is 0 Å². The molecular weight excluding hydrogens is 452 g/mol. The lowest BCUT2D eigenvalue weighted by Gasteiger charge is -2.14. The Hall–Kier alpha value is -3.09. The normalized spacial score (nSPS) is 11.8. The highest BCUT2D eigenvalue weighted by molar-refractivity contribution is 7.99. The van der Waals surface area contributed by atoms with Gasteiger partial charge in [0, 0.05) is 22.3 Å². The van der Waals surface area contributed by atoms with Crippen molar-refractivity contribution in [3.8, 4) is 17.1 Å². The van der Waals surface area contributed by atoms with Crippen LogP contribution in [-0.2, 0) is 11.2 Å². The van der Waals surface area contributed by atoms with Crippen molar-refractivity contribution in [1.82, 2.24) is 20.1 Å². The van der Waals surface area contributed by atoms with Crippen LogP contribution in [0.5, 0.6) is 0 Å². The molecule has 0 saturated carbocycles. The molecule has 0 spiro atoms. The van der Waals surface area contributed by atoms with Gasteiger partial charge in [-0.1, -0.05) is 71.9 Å². The van der Waals surface area contributed by atoms with Gasteiger partial charge in [-0.2, -0.15) is 0 Å². The van der Waals surface area contributed by atoms with E-state index in [1.165, 1.54) is 17.3 Å². The lowest BCUT2D eigenvalue weighted by atomic mass is 10.1. The van der Waals surface area contributed by atoms with E-state index in [-0.39, 0.29) is 17.7 Å². The zero-order valence-corrected chi connectivity index (χ0v) is 19.9. The summed E-state index contributed by atoms with van der Waals surface area (Å²) in [6, 6.07) is 27.8. The van der Waals surface area contributed by atoms with Gasteiger partial charge in [-0.3, -0.25) is 9.36 Å². The van der Waals surface area contributed by atoms with E-state index in [0.29, 0.717) is 16.0 Å². The number of aromatic nitrogens is 3. The van der Waals surface area contributed by atoms with E-state index in [1.807, 2.05) is 84.3 Å². The number of aryl methyl sites for hydroxylation is 1. The predicted molar refractivity (Wildman–Crippen MR) is 135 cm³/mol. The van der Waals surface area contributed by atoms with Crippen molar-refractivity contribution in [2.45, 2.75) is 31.0 Å². The number of carbonyl (C=O) groups is 1. The summed E-state index contributed by atoms with van der Waals surface area (Å²) in [6.45, 7) is 2.04. The van der Waals surface area contributed by atoms with E-state index in [1.54, 1.807) is 0 Å². The van der Waals surface area contributed by atoms with E-state index in [0.717, 1.165) is 24.1 Å². The van der Waals surface area contributed by atoms with Crippen LogP contribution in [0.2, 0.25) is 5.02 Å². The summed E-state index contributed by atoms with van der Waals surface area (Å²) in [6.07, 6.45) is 1.82. The first kappa shape index (κ1) is 23.1. The number of para-hydroxylation sites is 1. The molecule has 7 heteroatoms. The number of hydrogen-bond acceptors (Lipinski definition) is 4. The van der Waals surface area contributed by atoms with Crippen LogP contribution >= 0.6 is 23.4 Å². The summed E-state index contributed by atoms with van der Waals surface area (Å²) in [4.78, 5) is 12.6. The minimum absolute atomic E-state index is 0.0174. The second-order valence-corrected chi connectivity index (χ2v) is 9.14. The van der Waals surface area contributed by atoms with Gasteiger partial charge in [0.05, 0.1) is 5.75 Å². The molecule has 4 rings (SSSR count). The first-order chi connectivity index (χ1) is 16.1. The molecule has 0 fully saturated rings. The highest BCUT2D eigenvalue weighted by atomic mass is 35.5. The number of rotatable bonds is 9. The van der Waals surface area contributed by atoms with Crippen molar-refractivity contribution in [3.63, 3.8) is 0 Å². The number of nitrogens with one attached hydrogen (secondary N) is 1. The molecular formula is C26H25ClN4OS. The Kier molecular flexibility index (Phi) is 7.81. The van der Waals surface area contributed by atoms with Crippen LogP contribution in [-0.4, -0.2) is 32.5 Å². The van der Waals surface area contributed by atoms with Crippen LogP contribution in [0.25, 0.3) is 17.1 Å². The fourth-order valence-corrected chi connectivity index (χ4v) is 4.39. The summed E-state index contributed by atoms with van der Waals surface area (Å²) >= 11 is 7.43. The van der Waals surface area contributed by atoms with Gasteiger partial charge in [0.1, 0.15) is 0 Å². The van der Waals surface area contributed by atoms with Crippen molar-refractivity contribution in [2.75, 3.05) is 5.75 Å². The van der Waals surface area contributed by atoms with Gasteiger partial charge < -0.3 is 5.32 Å². The van der Waals surface area contributed by atoms with Crippen molar-refractivity contribution < 1.29 is 4.79 Å². The quantitative estimate of drug-likeness (QED) is 0.309. The molecule has 0 aliphatic heterocycles. The Morgan fingerprint density at radius 1 is 0.970 bits per heavy atom. The topological polar surface area (TPSA) is 59.8 Å². The van der Waals surface area contributed by atoms with Crippen LogP contribution in [0.15, 0.2) is 90.1 Å². The molecule has 168 valence electrons. The number of carbonyl (C=O) groups excluding carboxylic acids is 1. The Morgan fingerprint density at radius 3 is 2.33 bits per heavy atom. The van der Waals surface area contributed by atoms with Gasteiger partial charge in [0.2, 0.25) is 5.91 Å². The fraction of sp³-hybridized carbons (Fsp3) is 0.192. The largest absolute Gasteiger partial charge is 0.353 e. The van der Waals surface area contributed by atoms with E-state index >= 15 is 0 Å². The zero-order valence-electron chi connectivity index (χ0n) is 18.3. The summed E-state index contributed by atoms with van der Waals surface area (Å²) in [7, 11) is 0. The van der Waals surface area contributed by atoms with E-state index < -0.39 is 0 Å². The molecule has 4 aromatic rings. The Balaban J connectivity index is 1.43. The predicted octanol–water partition coefficient (Wildman–Crippen LogP) is 5.82. The van der Waals surface area contributed by atoms with Gasteiger partial charge in [-0.25, -0.2) is 0 Å². The third kappa shape index (κ3) is 6.24. The summed E-state index contributed by atoms with van der Waals surface area (Å²) in [5.74, 6) is 0.953. The molecule has 0 bridgehead atoms. The van der Waals surface area contributed by atoms with Crippen LogP contribution in [0, 0.1) is 0 Å². The molecule has 3 aromatic carbocycles. The van der Waals surface area contributed by atoms with E-state index in [4.69, 9.17) is 11.6 Å². The molecule has 1 amide bonds. The molecule has 1 N–H and O–H groups in total. The standard InChI is InChI=1S/C26H25ClN4OS/c1-19(12-13-20-8-4-2-5-9-20)28-24(32)18-33-26-30-29-25(21-14-16-22(27)17-15-21)31(26)23-10-6-3-7-11-23/h2-11,14-17,19H,12-13,18H2,1H3,(H,28,32). The lowest BCUT2D eigenvalue weighted by Crippen LogP contribution is -2.34. The van der Waals surface area contributed by atoms with Gasteiger partial charge in [0.15, 0.2) is 11.0 Å². The molecule has 0 aliphatic carbocycles. The molecule has 1 aromatic heterocycles. The van der Waals surface area contributed by atoms with Gasteiger partial charge in [-0.15, -0.1) is 10.2 Å². The Labute approximate surface area is 203 Å². The number of benzene rings is 3. The minimum atomic E-state index is -0.0174. The SMILES string of the molecule is CC(CCc1ccccc1)NC(=O)CSc1nnc(-c2ccc(Cl)cc2)n1-c1ccccc1. The molecule has 33 heavy (non-hydrogen) atoms. The van der Waals surface area contributed by atoms with E-state index in [9.17, 15) is 4.79 Å². The Bertz CT molecular complexity index is 1180. The van der Waals surface area contributed by atoms with Crippen LogP contribution < -0.4 is 5.32 Å². The number of amides is 1. The average molecular weight is 477 g/mol. The second-order valence-electron chi connectivity index (χ2n) is 7.77. The second kappa shape index (κ2) is 11.2. The van der Waals surface area contributed by atoms with Crippen LogP contribution in [0.3, 0.4) is 0 Å². The highest BCUT2D eigenvalue weighted by Gasteiger charge is 2.18. The molecule has 1 atom stereocenters. The summed E-state index contributed by atoms with van der Waals surface area (Å²) in [5.41, 5.74) is 3.12. The van der Waals surface area contributed by atoms with E-state index in [2.05, 4.69) is 27.6 Å². The average Bonchev–Trinajstić information content (AvgIpc) is 3.27. The van der Waals surface area contributed by atoms with Crippen LogP contribution in [0.1, 0.15) is 18.9 Å². The maximum Gasteiger partial charge on any atom is 0.230 e. The molecule has 1 unspecified atom stereocenters. The monoisotopic (exact) mass is 476 g/mol. The third-order valence-corrected chi connectivity index (χ3v) is 6.38. The number of nitrogens with zero attached hydrogens (tertiary/aromatic N) is 3. The first-order valence-corrected chi connectivity index (χ1v) is 12.2. The maximum absolute atomic E-state index is 12.6. The summed E-state index contributed by atoms with van der Waals surface area (Å²) in [5, 5.41) is 13.2. The summed E-state index contributed by atoms with van der Waals surface area (Å²) < 4.78 is 1.97. The molecule has 1 heterocycles. The third-order valence-electron chi connectivity index (χ3n) is 5.20. The number of hydrogen-bond donors (Lipinski definition) is 1. The molecule has 5 nitrogen and oxygen atoms in total. The van der Waals surface area contributed by atoms with Crippen molar-refractivity contribution >= 4 is 29.3 Å². The lowest BCUT2D eigenvalue weighted by molar-refractivity contribution is -0.119. The number of halogens is 1. The van der Waals surface area contributed by atoms with Crippen molar-refractivity contribution in [2.24, 2.45) is 0 Å². The maximum atomic E-state index is 12.6. The smallest absolute Gasteiger partial charge is 0.230 e. The molecule has 0 radical (unpaired) electrons. The zero-order chi connectivity index (χ0) is 23.0. The molecule has 0 aliphatic rings. The fourth-order valence-electron chi connectivity index (χ4n) is 3.51. The first-order valence-electron chi connectivity index (χ1n) is 10.8. The van der Waals surface area contributed by atoms with Gasteiger partial charge in [-0.05, 0) is 61.7 Å². The van der Waals surface area contributed by atoms with Gasteiger partial charge in [0.25, 0.3) is 0 Å². The highest BCUT2D eigenvalue weighted by Crippen LogP contribution is 2.28. The number of thioether (sulfide) groups is 1. The Morgan fingerprint density at radius 2 is 1.64 bits per heavy atom.